The van der Waals surface area contributed by atoms with Crippen molar-refractivity contribution < 1.29 is 4.79 Å². The Balaban J connectivity index is 1.57. The highest BCUT2D eigenvalue weighted by atomic mass is 16.2. The molecular formula is C18H35N5O. The molecule has 0 aromatic heterocycles. The van der Waals surface area contributed by atoms with Crippen molar-refractivity contribution in [3.8, 4) is 0 Å². The molecule has 2 fully saturated rings. The zero-order valence-corrected chi connectivity index (χ0v) is 15.4. The number of nitrogens with zero attached hydrogens (tertiary/aromatic N) is 2. The molecule has 6 heteroatoms. The number of carbonyl (C=O) groups is 1. The first-order chi connectivity index (χ1) is 11.7. The number of rotatable bonds is 9. The van der Waals surface area contributed by atoms with Crippen LogP contribution in [0.25, 0.3) is 0 Å². The third-order valence-electron chi connectivity index (χ3n) is 4.87. The minimum atomic E-state index is 0.149. The molecule has 0 unspecified atom stereocenters. The Morgan fingerprint density at radius 1 is 1.12 bits per heavy atom. The molecule has 2 aliphatic rings. The first kappa shape index (κ1) is 19.0. The van der Waals surface area contributed by atoms with Crippen molar-refractivity contribution in [2.45, 2.75) is 57.9 Å². The van der Waals surface area contributed by atoms with E-state index in [9.17, 15) is 4.79 Å². The van der Waals surface area contributed by atoms with Crippen LogP contribution in [0.3, 0.4) is 0 Å². The van der Waals surface area contributed by atoms with Gasteiger partial charge in [-0.25, -0.2) is 0 Å². The Morgan fingerprint density at radius 3 is 2.50 bits per heavy atom. The van der Waals surface area contributed by atoms with E-state index in [1.165, 1.54) is 25.7 Å². The molecule has 0 atom stereocenters. The summed E-state index contributed by atoms with van der Waals surface area (Å²) < 4.78 is 0. The van der Waals surface area contributed by atoms with Gasteiger partial charge in [0, 0.05) is 39.3 Å². The van der Waals surface area contributed by atoms with Crippen molar-refractivity contribution in [1.82, 2.24) is 20.9 Å². The fraction of sp³-hybridized carbons (Fsp3) is 0.889. The summed E-state index contributed by atoms with van der Waals surface area (Å²) in [6, 6.07) is 0.453. The van der Waals surface area contributed by atoms with E-state index < -0.39 is 0 Å². The normalized spacial score (nSPS) is 20.0. The minimum Gasteiger partial charge on any atom is -0.356 e. The van der Waals surface area contributed by atoms with Gasteiger partial charge in [0.1, 0.15) is 0 Å². The lowest BCUT2D eigenvalue weighted by Gasteiger charge is -2.32. The summed E-state index contributed by atoms with van der Waals surface area (Å²) in [4.78, 5) is 18.4. The number of amides is 1. The lowest BCUT2D eigenvalue weighted by atomic mass is 10.1. The van der Waals surface area contributed by atoms with Gasteiger partial charge in [0.15, 0.2) is 5.96 Å². The van der Waals surface area contributed by atoms with Gasteiger partial charge in [-0.3, -0.25) is 14.7 Å². The predicted octanol–water partition coefficient (Wildman–Crippen LogP) is 1.33. The van der Waals surface area contributed by atoms with Crippen LogP contribution >= 0.6 is 0 Å². The molecule has 0 aromatic carbocycles. The summed E-state index contributed by atoms with van der Waals surface area (Å²) in [6.07, 6.45) is 8.56. The van der Waals surface area contributed by atoms with Crippen molar-refractivity contribution in [2.75, 3.05) is 39.8 Å². The molecular weight excluding hydrogens is 302 g/mol. The minimum absolute atomic E-state index is 0.149. The number of aliphatic imine (C=N–C) groups is 1. The second kappa shape index (κ2) is 10.5. The molecule has 1 amide bonds. The summed E-state index contributed by atoms with van der Waals surface area (Å²) in [5.41, 5.74) is 0. The zero-order chi connectivity index (χ0) is 17.2. The number of guanidine groups is 1. The van der Waals surface area contributed by atoms with Gasteiger partial charge in [-0.2, -0.15) is 0 Å². The molecule has 0 radical (unpaired) electrons. The van der Waals surface area contributed by atoms with E-state index in [2.05, 4.69) is 32.8 Å². The van der Waals surface area contributed by atoms with Crippen LogP contribution in [0, 0.1) is 5.92 Å². The molecule has 3 N–H and O–H groups in total. The fourth-order valence-corrected chi connectivity index (χ4v) is 3.15. The number of hydrogen-bond acceptors (Lipinski definition) is 3. The molecule has 24 heavy (non-hydrogen) atoms. The number of carbonyl (C=O) groups excluding carboxylic acids is 1. The molecule has 1 saturated carbocycles. The van der Waals surface area contributed by atoms with Gasteiger partial charge in [-0.05, 0) is 38.0 Å². The number of piperidine rings is 1. The lowest BCUT2D eigenvalue weighted by molar-refractivity contribution is -0.122. The average Bonchev–Trinajstić information content (AvgIpc) is 3.41. The monoisotopic (exact) mass is 337 g/mol. The van der Waals surface area contributed by atoms with Gasteiger partial charge in [0.2, 0.25) is 5.91 Å². The fourth-order valence-electron chi connectivity index (χ4n) is 3.15. The van der Waals surface area contributed by atoms with Crippen LogP contribution in [-0.4, -0.2) is 62.6 Å². The highest BCUT2D eigenvalue weighted by Crippen LogP contribution is 2.33. The summed E-state index contributed by atoms with van der Waals surface area (Å²) >= 11 is 0. The van der Waals surface area contributed by atoms with Crippen LogP contribution in [0.2, 0.25) is 0 Å². The standard InChI is InChI=1S/C18H35N5O/c1-3-10-20-17(24)14-23-12-8-16(9-13-23)22-18(19-2)21-11-4-5-15-6-7-15/h15-16H,3-14H2,1-2H3,(H,20,24)(H2,19,21,22). The second-order valence-electron chi connectivity index (χ2n) is 7.13. The van der Waals surface area contributed by atoms with Gasteiger partial charge < -0.3 is 16.0 Å². The van der Waals surface area contributed by atoms with E-state index in [1.54, 1.807) is 0 Å². The van der Waals surface area contributed by atoms with Gasteiger partial charge >= 0.3 is 0 Å². The van der Waals surface area contributed by atoms with Gasteiger partial charge in [0.25, 0.3) is 0 Å². The quantitative estimate of drug-likeness (QED) is 0.337. The van der Waals surface area contributed by atoms with Crippen molar-refractivity contribution in [3.05, 3.63) is 0 Å². The molecule has 0 spiro atoms. The maximum absolute atomic E-state index is 11.8. The SMILES string of the molecule is CCCNC(=O)CN1CCC(NC(=NC)NCCCC2CC2)CC1. The van der Waals surface area contributed by atoms with Crippen LogP contribution in [0.15, 0.2) is 4.99 Å². The Bertz CT molecular complexity index is 400. The first-order valence-corrected chi connectivity index (χ1v) is 9.67. The molecule has 6 nitrogen and oxygen atoms in total. The number of hydrogen-bond donors (Lipinski definition) is 3. The second-order valence-corrected chi connectivity index (χ2v) is 7.13. The largest absolute Gasteiger partial charge is 0.356 e. The Labute approximate surface area is 146 Å². The molecule has 1 aliphatic carbocycles. The van der Waals surface area contributed by atoms with Gasteiger partial charge in [-0.15, -0.1) is 0 Å². The summed E-state index contributed by atoms with van der Waals surface area (Å²) in [5, 5.41) is 9.90. The zero-order valence-electron chi connectivity index (χ0n) is 15.4. The molecule has 1 saturated heterocycles. The molecule has 2 rings (SSSR count). The average molecular weight is 338 g/mol. The Kier molecular flexibility index (Phi) is 8.36. The van der Waals surface area contributed by atoms with Crippen LogP contribution in [0.1, 0.15) is 51.9 Å². The maximum atomic E-state index is 11.8. The molecule has 0 aromatic rings. The smallest absolute Gasteiger partial charge is 0.234 e. The summed E-state index contributed by atoms with van der Waals surface area (Å²) in [5.74, 6) is 2.07. The lowest BCUT2D eigenvalue weighted by Crippen LogP contribution is -2.50. The van der Waals surface area contributed by atoms with Crippen molar-refractivity contribution in [1.29, 1.82) is 0 Å². The first-order valence-electron chi connectivity index (χ1n) is 9.67. The third-order valence-corrected chi connectivity index (χ3v) is 4.87. The van der Waals surface area contributed by atoms with Gasteiger partial charge in [-0.1, -0.05) is 19.8 Å². The van der Waals surface area contributed by atoms with E-state index in [4.69, 9.17) is 0 Å². The van der Waals surface area contributed by atoms with Crippen LogP contribution in [0.5, 0.6) is 0 Å². The Morgan fingerprint density at radius 2 is 1.88 bits per heavy atom. The summed E-state index contributed by atoms with van der Waals surface area (Å²) in [7, 11) is 1.84. The Hall–Kier alpha value is -1.30. The van der Waals surface area contributed by atoms with E-state index in [-0.39, 0.29) is 5.91 Å². The molecule has 138 valence electrons. The predicted molar refractivity (Wildman–Crippen MR) is 99.2 cm³/mol. The summed E-state index contributed by atoms with van der Waals surface area (Å²) in [6.45, 7) is 6.32. The molecule has 1 aliphatic heterocycles. The van der Waals surface area contributed by atoms with Crippen molar-refractivity contribution >= 4 is 11.9 Å². The van der Waals surface area contributed by atoms with E-state index in [1.807, 2.05) is 7.05 Å². The van der Waals surface area contributed by atoms with Crippen LogP contribution < -0.4 is 16.0 Å². The number of likely N-dealkylation sites (tertiary alicyclic amines) is 1. The maximum Gasteiger partial charge on any atom is 0.234 e. The molecule has 1 heterocycles. The molecule has 0 bridgehead atoms. The highest BCUT2D eigenvalue weighted by Gasteiger charge is 2.22. The van der Waals surface area contributed by atoms with E-state index in [0.717, 1.165) is 57.3 Å². The van der Waals surface area contributed by atoms with Crippen LogP contribution in [-0.2, 0) is 4.79 Å². The topological polar surface area (TPSA) is 68.8 Å². The van der Waals surface area contributed by atoms with Crippen LogP contribution in [0.4, 0.5) is 0 Å². The van der Waals surface area contributed by atoms with E-state index in [0.29, 0.717) is 12.6 Å². The van der Waals surface area contributed by atoms with Crippen molar-refractivity contribution in [3.63, 3.8) is 0 Å². The van der Waals surface area contributed by atoms with Crippen molar-refractivity contribution in [2.24, 2.45) is 10.9 Å². The number of nitrogens with one attached hydrogen (secondary N) is 3. The highest BCUT2D eigenvalue weighted by molar-refractivity contribution is 5.80. The van der Waals surface area contributed by atoms with E-state index >= 15 is 0 Å². The third kappa shape index (κ3) is 7.51. The van der Waals surface area contributed by atoms with Gasteiger partial charge in [0.05, 0.1) is 6.54 Å².